The number of rotatable bonds is 6. The molecule has 0 aliphatic carbocycles. The molecule has 3 rings (SSSR count). The quantitative estimate of drug-likeness (QED) is 0.519. The molecule has 158 valence electrons. The Morgan fingerprint density at radius 2 is 1.68 bits per heavy atom. The molecule has 0 spiro atoms. The molecule has 0 atom stereocenters. The summed E-state index contributed by atoms with van der Waals surface area (Å²) in [5, 5.41) is 5.95. The van der Waals surface area contributed by atoms with E-state index in [-0.39, 0.29) is 5.70 Å². The molecule has 0 fully saturated rings. The van der Waals surface area contributed by atoms with Crippen molar-refractivity contribution in [2.45, 2.75) is 6.92 Å². The van der Waals surface area contributed by atoms with E-state index in [1.165, 1.54) is 37.5 Å². The highest BCUT2D eigenvalue weighted by Gasteiger charge is 2.16. The van der Waals surface area contributed by atoms with Crippen LogP contribution < -0.4 is 15.4 Å². The first-order chi connectivity index (χ1) is 14.9. The predicted molar refractivity (Wildman–Crippen MR) is 120 cm³/mol. The molecule has 0 heterocycles. The van der Waals surface area contributed by atoms with Gasteiger partial charge < -0.3 is 15.4 Å². The van der Waals surface area contributed by atoms with Crippen molar-refractivity contribution in [2.75, 3.05) is 12.4 Å². The van der Waals surface area contributed by atoms with E-state index in [1.54, 1.807) is 49.4 Å². The predicted octanol–water partition coefficient (Wildman–Crippen LogP) is 5.21. The Morgan fingerprint density at radius 1 is 1.00 bits per heavy atom. The Balaban J connectivity index is 1.88. The summed E-state index contributed by atoms with van der Waals surface area (Å²) in [5.74, 6) is -0.799. The molecule has 0 saturated carbocycles. The second-order valence-corrected chi connectivity index (χ2v) is 7.14. The number of hydrogen-bond donors (Lipinski definition) is 2. The van der Waals surface area contributed by atoms with Gasteiger partial charge in [-0.05, 0) is 78.7 Å². The van der Waals surface area contributed by atoms with E-state index in [0.29, 0.717) is 27.6 Å². The van der Waals surface area contributed by atoms with Crippen LogP contribution in [0.4, 0.5) is 10.1 Å². The lowest BCUT2D eigenvalue weighted by atomic mass is 10.1. The fourth-order valence-corrected chi connectivity index (χ4v) is 3.00. The topological polar surface area (TPSA) is 67.4 Å². The van der Waals surface area contributed by atoms with E-state index < -0.39 is 17.6 Å². The molecule has 31 heavy (non-hydrogen) atoms. The number of aryl methyl sites for hydroxylation is 1. The van der Waals surface area contributed by atoms with Gasteiger partial charge in [-0.3, -0.25) is 9.59 Å². The second-order valence-electron chi connectivity index (χ2n) is 6.71. The number of benzene rings is 3. The van der Waals surface area contributed by atoms with Crippen LogP contribution in [0.1, 0.15) is 21.5 Å². The molecule has 0 bridgehead atoms. The summed E-state index contributed by atoms with van der Waals surface area (Å²) in [7, 11) is 1.53. The van der Waals surface area contributed by atoms with Crippen molar-refractivity contribution in [3.05, 3.63) is 100.0 Å². The molecule has 0 aliphatic rings. The third kappa shape index (κ3) is 5.93. The van der Waals surface area contributed by atoms with Crippen LogP contribution in [0.15, 0.2) is 72.4 Å². The molecule has 0 aliphatic heterocycles. The van der Waals surface area contributed by atoms with Crippen molar-refractivity contribution in [3.63, 3.8) is 0 Å². The summed E-state index contributed by atoms with van der Waals surface area (Å²) in [4.78, 5) is 25.7. The van der Waals surface area contributed by atoms with Crippen LogP contribution in [-0.2, 0) is 4.79 Å². The van der Waals surface area contributed by atoms with Gasteiger partial charge in [0.1, 0.15) is 17.3 Å². The molecule has 0 saturated heterocycles. The Kier molecular flexibility index (Phi) is 7.05. The zero-order chi connectivity index (χ0) is 22.4. The number of hydrogen-bond acceptors (Lipinski definition) is 3. The van der Waals surface area contributed by atoms with Gasteiger partial charge in [0.2, 0.25) is 0 Å². The molecule has 0 radical (unpaired) electrons. The van der Waals surface area contributed by atoms with Crippen molar-refractivity contribution < 1.29 is 18.7 Å². The summed E-state index contributed by atoms with van der Waals surface area (Å²) in [5.41, 5.74) is 2.22. The summed E-state index contributed by atoms with van der Waals surface area (Å²) in [6, 6.07) is 17.1. The molecule has 0 unspecified atom stereocenters. The second kappa shape index (κ2) is 9.91. The molecular formula is C24H20ClFN2O3. The van der Waals surface area contributed by atoms with Gasteiger partial charge in [0, 0.05) is 16.3 Å². The fraction of sp³-hybridized carbons (Fsp3) is 0.0833. The van der Waals surface area contributed by atoms with Crippen molar-refractivity contribution in [3.8, 4) is 5.75 Å². The Hall–Kier alpha value is -3.64. The first-order valence-corrected chi connectivity index (χ1v) is 9.73. The minimum absolute atomic E-state index is 0.00164. The Labute approximate surface area is 184 Å². The number of nitrogens with one attached hydrogen (secondary N) is 2. The van der Waals surface area contributed by atoms with Gasteiger partial charge in [-0.2, -0.15) is 0 Å². The van der Waals surface area contributed by atoms with Crippen LogP contribution in [0, 0.1) is 12.7 Å². The third-order valence-corrected chi connectivity index (χ3v) is 4.70. The minimum Gasteiger partial charge on any atom is -0.497 e. The number of methoxy groups -OCH3 is 1. The maximum absolute atomic E-state index is 13.2. The number of ether oxygens (including phenoxy) is 1. The maximum atomic E-state index is 13.2. The molecule has 3 aromatic carbocycles. The largest absolute Gasteiger partial charge is 0.497 e. The van der Waals surface area contributed by atoms with E-state index >= 15 is 0 Å². The normalized spacial score (nSPS) is 11.0. The molecule has 2 amide bonds. The van der Waals surface area contributed by atoms with Gasteiger partial charge in [-0.25, -0.2) is 4.39 Å². The van der Waals surface area contributed by atoms with Crippen LogP contribution >= 0.6 is 11.6 Å². The van der Waals surface area contributed by atoms with E-state index in [4.69, 9.17) is 16.3 Å². The van der Waals surface area contributed by atoms with Crippen molar-refractivity contribution in [1.82, 2.24) is 5.32 Å². The Morgan fingerprint density at radius 3 is 2.29 bits per heavy atom. The molecule has 7 heteroatoms. The number of carbonyl (C=O) groups is 2. The zero-order valence-electron chi connectivity index (χ0n) is 16.9. The first kappa shape index (κ1) is 22.1. The number of anilines is 1. The molecule has 0 aromatic heterocycles. The fourth-order valence-electron chi connectivity index (χ4n) is 2.78. The average molecular weight is 439 g/mol. The molecule has 3 aromatic rings. The lowest BCUT2D eigenvalue weighted by Gasteiger charge is -2.13. The summed E-state index contributed by atoms with van der Waals surface area (Å²) >= 11 is 5.97. The minimum atomic E-state index is -0.531. The van der Waals surface area contributed by atoms with Crippen molar-refractivity contribution >= 4 is 35.2 Å². The van der Waals surface area contributed by atoms with Crippen LogP contribution in [-0.4, -0.2) is 18.9 Å². The van der Waals surface area contributed by atoms with E-state index in [0.717, 1.165) is 5.56 Å². The van der Waals surface area contributed by atoms with Crippen LogP contribution in [0.25, 0.3) is 6.08 Å². The average Bonchev–Trinajstić information content (AvgIpc) is 2.76. The number of halogens is 2. The van der Waals surface area contributed by atoms with Gasteiger partial charge in [0.25, 0.3) is 11.8 Å². The number of carbonyl (C=O) groups excluding carboxylic acids is 2. The summed E-state index contributed by atoms with van der Waals surface area (Å²) in [6.07, 6.45) is 1.47. The van der Waals surface area contributed by atoms with E-state index in [2.05, 4.69) is 10.6 Å². The van der Waals surface area contributed by atoms with E-state index in [1.807, 2.05) is 0 Å². The van der Waals surface area contributed by atoms with Crippen LogP contribution in [0.3, 0.4) is 0 Å². The SMILES string of the molecule is COc1ccc(C(=O)NC(=Cc2ccc(F)cc2)C(=O)Nc2ccc(Cl)cc2C)cc1. The van der Waals surface area contributed by atoms with Gasteiger partial charge in [0.05, 0.1) is 7.11 Å². The molecule has 2 N–H and O–H groups in total. The third-order valence-electron chi connectivity index (χ3n) is 4.46. The highest BCUT2D eigenvalue weighted by molar-refractivity contribution is 6.30. The molecule has 5 nitrogen and oxygen atoms in total. The highest BCUT2D eigenvalue weighted by Crippen LogP contribution is 2.20. The lowest BCUT2D eigenvalue weighted by Crippen LogP contribution is -2.30. The van der Waals surface area contributed by atoms with Gasteiger partial charge in [0.15, 0.2) is 0 Å². The molecular weight excluding hydrogens is 419 g/mol. The smallest absolute Gasteiger partial charge is 0.272 e. The highest BCUT2D eigenvalue weighted by atomic mass is 35.5. The summed E-state index contributed by atoms with van der Waals surface area (Å²) in [6.45, 7) is 1.81. The Bertz CT molecular complexity index is 1130. The lowest BCUT2D eigenvalue weighted by molar-refractivity contribution is -0.113. The van der Waals surface area contributed by atoms with Gasteiger partial charge in [-0.15, -0.1) is 0 Å². The van der Waals surface area contributed by atoms with Crippen LogP contribution in [0.2, 0.25) is 5.02 Å². The first-order valence-electron chi connectivity index (χ1n) is 9.36. The summed E-state index contributed by atoms with van der Waals surface area (Å²) < 4.78 is 18.3. The standard InChI is InChI=1S/C24H20ClFN2O3/c1-15-13-18(25)7-12-21(15)27-24(30)22(14-16-3-8-19(26)9-4-16)28-23(29)17-5-10-20(31-2)11-6-17/h3-14H,1-2H3,(H,27,30)(H,28,29). The van der Waals surface area contributed by atoms with Gasteiger partial charge in [-0.1, -0.05) is 23.7 Å². The van der Waals surface area contributed by atoms with Crippen LogP contribution in [0.5, 0.6) is 5.75 Å². The number of amides is 2. The zero-order valence-corrected chi connectivity index (χ0v) is 17.7. The monoisotopic (exact) mass is 438 g/mol. The van der Waals surface area contributed by atoms with Crippen molar-refractivity contribution in [2.24, 2.45) is 0 Å². The van der Waals surface area contributed by atoms with Crippen molar-refractivity contribution in [1.29, 1.82) is 0 Å². The van der Waals surface area contributed by atoms with E-state index in [9.17, 15) is 14.0 Å². The maximum Gasteiger partial charge on any atom is 0.272 e. The van der Waals surface area contributed by atoms with Gasteiger partial charge >= 0.3 is 0 Å².